The van der Waals surface area contributed by atoms with Gasteiger partial charge in [-0.3, -0.25) is 4.98 Å². The van der Waals surface area contributed by atoms with Crippen LogP contribution < -0.4 is 14.4 Å². The van der Waals surface area contributed by atoms with E-state index in [0.717, 1.165) is 41.8 Å². The molecule has 0 spiro atoms. The number of pyridine rings is 1. The van der Waals surface area contributed by atoms with Gasteiger partial charge >= 0.3 is 0 Å². The fraction of sp³-hybridized carbons (Fsp3) is 0.286. The highest BCUT2D eigenvalue weighted by Gasteiger charge is 2.16. The molecule has 7 nitrogen and oxygen atoms in total. The number of nitrogens with zero attached hydrogens (tertiary/aromatic N) is 4. The molecule has 1 fully saturated rings. The van der Waals surface area contributed by atoms with Crippen molar-refractivity contribution in [1.29, 1.82) is 0 Å². The Morgan fingerprint density at radius 1 is 1.00 bits per heavy atom. The molecule has 1 aromatic carbocycles. The van der Waals surface area contributed by atoms with Crippen molar-refractivity contribution >= 4 is 5.82 Å². The van der Waals surface area contributed by atoms with Crippen molar-refractivity contribution in [2.24, 2.45) is 0 Å². The molecular formula is C21H22N4O3. The fourth-order valence-electron chi connectivity index (χ4n) is 2.97. The lowest BCUT2D eigenvalue weighted by Crippen LogP contribution is -2.37. The minimum absolute atomic E-state index is 0.326. The van der Waals surface area contributed by atoms with Gasteiger partial charge in [0, 0.05) is 31.4 Å². The topological polar surface area (TPSA) is 69.6 Å². The van der Waals surface area contributed by atoms with Gasteiger partial charge in [-0.2, -0.15) is 0 Å². The maximum absolute atomic E-state index is 5.93. The molecule has 0 unspecified atom stereocenters. The predicted octanol–water partition coefficient (Wildman–Crippen LogP) is 2.96. The number of morpholine rings is 1. The Morgan fingerprint density at radius 3 is 2.64 bits per heavy atom. The zero-order valence-corrected chi connectivity index (χ0v) is 15.7. The number of aromatic nitrogens is 3. The van der Waals surface area contributed by atoms with Crippen LogP contribution in [0.25, 0.3) is 11.5 Å². The first-order valence-corrected chi connectivity index (χ1v) is 9.21. The largest absolute Gasteiger partial charge is 0.497 e. The normalized spacial score (nSPS) is 14.0. The van der Waals surface area contributed by atoms with E-state index >= 15 is 0 Å². The third-order valence-corrected chi connectivity index (χ3v) is 4.42. The van der Waals surface area contributed by atoms with Gasteiger partial charge in [-0.05, 0) is 24.3 Å². The van der Waals surface area contributed by atoms with Crippen molar-refractivity contribution in [3.05, 3.63) is 60.4 Å². The van der Waals surface area contributed by atoms with Crippen molar-refractivity contribution in [3.63, 3.8) is 0 Å². The fourth-order valence-corrected chi connectivity index (χ4v) is 2.97. The van der Waals surface area contributed by atoms with Crippen LogP contribution >= 0.6 is 0 Å². The molecule has 0 aliphatic carbocycles. The lowest BCUT2D eigenvalue weighted by Gasteiger charge is -2.28. The first-order chi connectivity index (χ1) is 13.8. The first kappa shape index (κ1) is 18.2. The SMILES string of the molecule is COc1cccc(OCc2cc(N3CCOCC3)nc(-c3ccccn3)n2)c1. The lowest BCUT2D eigenvalue weighted by molar-refractivity contribution is 0.122. The van der Waals surface area contributed by atoms with Crippen LogP contribution in [-0.4, -0.2) is 48.4 Å². The van der Waals surface area contributed by atoms with E-state index in [4.69, 9.17) is 19.2 Å². The average molecular weight is 378 g/mol. The van der Waals surface area contributed by atoms with E-state index in [2.05, 4.69) is 14.9 Å². The molecule has 28 heavy (non-hydrogen) atoms. The molecule has 0 N–H and O–H groups in total. The van der Waals surface area contributed by atoms with Gasteiger partial charge in [0.25, 0.3) is 0 Å². The lowest BCUT2D eigenvalue weighted by atomic mass is 10.3. The number of benzene rings is 1. The molecule has 0 bridgehead atoms. The van der Waals surface area contributed by atoms with Crippen molar-refractivity contribution in [2.45, 2.75) is 6.61 Å². The first-order valence-electron chi connectivity index (χ1n) is 9.21. The Morgan fingerprint density at radius 2 is 1.86 bits per heavy atom. The van der Waals surface area contributed by atoms with Crippen molar-refractivity contribution < 1.29 is 14.2 Å². The van der Waals surface area contributed by atoms with Crippen LogP contribution in [0.15, 0.2) is 54.7 Å². The summed E-state index contributed by atoms with van der Waals surface area (Å²) in [5.41, 5.74) is 1.53. The van der Waals surface area contributed by atoms with Crippen LogP contribution in [0.3, 0.4) is 0 Å². The Kier molecular flexibility index (Phi) is 5.63. The summed E-state index contributed by atoms with van der Waals surface area (Å²) in [4.78, 5) is 16.0. The number of anilines is 1. The number of hydrogen-bond acceptors (Lipinski definition) is 7. The second-order valence-corrected chi connectivity index (χ2v) is 6.32. The van der Waals surface area contributed by atoms with Gasteiger partial charge in [0.05, 0.1) is 26.0 Å². The summed E-state index contributed by atoms with van der Waals surface area (Å²) in [6.07, 6.45) is 1.74. The molecule has 1 aliphatic heterocycles. The van der Waals surface area contributed by atoms with Crippen LogP contribution in [0, 0.1) is 0 Å². The molecule has 0 atom stereocenters. The van der Waals surface area contributed by atoms with Crippen molar-refractivity contribution in [3.8, 4) is 23.0 Å². The number of rotatable bonds is 6. The summed E-state index contributed by atoms with van der Waals surface area (Å²) in [6.45, 7) is 3.31. The molecule has 1 saturated heterocycles. The maximum atomic E-state index is 5.93. The number of ether oxygens (including phenoxy) is 3. The standard InChI is InChI=1S/C21H22N4O3/c1-26-17-5-4-6-18(14-17)28-15-16-13-20(25-9-11-27-12-10-25)24-21(23-16)19-7-2-3-8-22-19/h2-8,13-14H,9-12,15H2,1H3. The molecule has 144 valence electrons. The summed E-state index contributed by atoms with van der Waals surface area (Å²) in [5.74, 6) is 2.94. The van der Waals surface area contributed by atoms with E-state index in [9.17, 15) is 0 Å². The van der Waals surface area contributed by atoms with Gasteiger partial charge in [-0.15, -0.1) is 0 Å². The van der Waals surface area contributed by atoms with Crippen LogP contribution in [0.4, 0.5) is 5.82 Å². The van der Waals surface area contributed by atoms with Crippen LogP contribution in [0.5, 0.6) is 11.5 Å². The minimum Gasteiger partial charge on any atom is -0.497 e. The monoisotopic (exact) mass is 378 g/mol. The quantitative estimate of drug-likeness (QED) is 0.653. The third kappa shape index (κ3) is 4.37. The van der Waals surface area contributed by atoms with Crippen LogP contribution in [0.1, 0.15) is 5.69 Å². The van der Waals surface area contributed by atoms with E-state index < -0.39 is 0 Å². The molecule has 2 aromatic heterocycles. The molecule has 1 aliphatic rings. The molecule has 7 heteroatoms. The Bertz CT molecular complexity index is 915. The highest BCUT2D eigenvalue weighted by molar-refractivity contribution is 5.54. The molecule has 3 aromatic rings. The van der Waals surface area contributed by atoms with Gasteiger partial charge in [0.2, 0.25) is 0 Å². The van der Waals surface area contributed by atoms with Gasteiger partial charge in [0.1, 0.15) is 29.6 Å². The summed E-state index contributed by atoms with van der Waals surface area (Å²) in [5, 5.41) is 0. The average Bonchev–Trinajstić information content (AvgIpc) is 2.79. The van der Waals surface area contributed by atoms with Crippen LogP contribution in [-0.2, 0) is 11.3 Å². The summed E-state index contributed by atoms with van der Waals surface area (Å²) in [7, 11) is 1.64. The van der Waals surface area contributed by atoms with Gasteiger partial charge in [-0.1, -0.05) is 12.1 Å². The van der Waals surface area contributed by atoms with E-state index in [1.807, 2.05) is 48.5 Å². The highest BCUT2D eigenvalue weighted by Crippen LogP contribution is 2.23. The van der Waals surface area contributed by atoms with E-state index in [-0.39, 0.29) is 0 Å². The van der Waals surface area contributed by atoms with E-state index in [1.54, 1.807) is 13.3 Å². The van der Waals surface area contributed by atoms with Gasteiger partial charge < -0.3 is 19.1 Å². The molecule has 0 saturated carbocycles. The number of hydrogen-bond donors (Lipinski definition) is 0. The predicted molar refractivity (Wildman–Crippen MR) is 106 cm³/mol. The van der Waals surface area contributed by atoms with Crippen molar-refractivity contribution in [2.75, 3.05) is 38.3 Å². The van der Waals surface area contributed by atoms with Crippen molar-refractivity contribution in [1.82, 2.24) is 15.0 Å². The zero-order chi connectivity index (χ0) is 19.2. The van der Waals surface area contributed by atoms with E-state index in [1.165, 1.54) is 0 Å². The number of methoxy groups -OCH3 is 1. The molecule has 3 heterocycles. The Labute approximate surface area is 163 Å². The van der Waals surface area contributed by atoms with Gasteiger partial charge in [0.15, 0.2) is 5.82 Å². The minimum atomic E-state index is 0.326. The summed E-state index contributed by atoms with van der Waals surface area (Å²) in [6, 6.07) is 15.2. The second kappa shape index (κ2) is 8.67. The molecular weight excluding hydrogens is 356 g/mol. The smallest absolute Gasteiger partial charge is 0.180 e. The Balaban J connectivity index is 1.61. The van der Waals surface area contributed by atoms with Gasteiger partial charge in [-0.25, -0.2) is 9.97 Å². The third-order valence-electron chi connectivity index (χ3n) is 4.42. The highest BCUT2D eigenvalue weighted by atomic mass is 16.5. The summed E-state index contributed by atoms with van der Waals surface area (Å²) >= 11 is 0. The molecule has 0 amide bonds. The molecule has 4 rings (SSSR count). The summed E-state index contributed by atoms with van der Waals surface area (Å²) < 4.78 is 16.6. The maximum Gasteiger partial charge on any atom is 0.180 e. The molecule has 0 radical (unpaired) electrons. The Hall–Kier alpha value is -3.19. The zero-order valence-electron chi connectivity index (χ0n) is 15.7. The van der Waals surface area contributed by atoms with E-state index in [0.29, 0.717) is 25.6 Å². The van der Waals surface area contributed by atoms with Crippen LogP contribution in [0.2, 0.25) is 0 Å². The second-order valence-electron chi connectivity index (χ2n) is 6.32.